The minimum atomic E-state index is -0.315. The topological polar surface area (TPSA) is 50.4 Å². The van der Waals surface area contributed by atoms with Gasteiger partial charge in [-0.25, -0.2) is 0 Å². The van der Waals surface area contributed by atoms with Crippen molar-refractivity contribution in [2.75, 3.05) is 33.4 Å². The summed E-state index contributed by atoms with van der Waals surface area (Å²) in [6.45, 7) is 3.11. The standard InChI is InChI=1S/C15H26N2O2/c1-19-12-15(7-10-16-11-8-15)14(18)17-9-6-13-4-2-3-5-13/h4,16H,2-3,5-12H2,1H3,(H,17,18). The largest absolute Gasteiger partial charge is 0.384 e. The summed E-state index contributed by atoms with van der Waals surface area (Å²) >= 11 is 0. The molecule has 0 aromatic carbocycles. The summed E-state index contributed by atoms with van der Waals surface area (Å²) in [4.78, 5) is 12.4. The Hall–Kier alpha value is -0.870. The van der Waals surface area contributed by atoms with Crippen LogP contribution in [-0.4, -0.2) is 39.3 Å². The molecule has 1 fully saturated rings. The third kappa shape index (κ3) is 3.80. The van der Waals surface area contributed by atoms with Crippen LogP contribution in [-0.2, 0) is 9.53 Å². The maximum absolute atomic E-state index is 12.4. The van der Waals surface area contributed by atoms with Gasteiger partial charge in [-0.2, -0.15) is 0 Å². The fourth-order valence-corrected chi connectivity index (χ4v) is 3.11. The van der Waals surface area contributed by atoms with Crippen molar-refractivity contribution in [3.63, 3.8) is 0 Å². The summed E-state index contributed by atoms with van der Waals surface area (Å²) < 4.78 is 5.29. The summed E-state index contributed by atoms with van der Waals surface area (Å²) in [6, 6.07) is 0. The first kappa shape index (κ1) is 14.5. The zero-order valence-electron chi connectivity index (χ0n) is 12.0. The van der Waals surface area contributed by atoms with Crippen LogP contribution < -0.4 is 10.6 Å². The number of methoxy groups -OCH3 is 1. The van der Waals surface area contributed by atoms with Crippen molar-refractivity contribution in [3.8, 4) is 0 Å². The molecule has 0 unspecified atom stereocenters. The van der Waals surface area contributed by atoms with Crippen LogP contribution in [0.4, 0.5) is 0 Å². The van der Waals surface area contributed by atoms with Gasteiger partial charge in [0.1, 0.15) is 0 Å². The van der Waals surface area contributed by atoms with E-state index in [1.165, 1.54) is 24.8 Å². The molecular formula is C15H26N2O2. The number of nitrogens with one attached hydrogen (secondary N) is 2. The van der Waals surface area contributed by atoms with Crippen LogP contribution in [0.1, 0.15) is 38.5 Å². The Morgan fingerprint density at radius 2 is 2.26 bits per heavy atom. The zero-order chi connectivity index (χ0) is 13.6. The SMILES string of the molecule is COCC1(C(=O)NCCC2=CCCC2)CCNCC1. The zero-order valence-corrected chi connectivity index (χ0v) is 12.0. The number of piperidine rings is 1. The van der Waals surface area contributed by atoms with Gasteiger partial charge in [-0.15, -0.1) is 0 Å². The maximum Gasteiger partial charge on any atom is 0.228 e. The lowest BCUT2D eigenvalue weighted by atomic mass is 9.78. The van der Waals surface area contributed by atoms with E-state index in [0.29, 0.717) is 6.61 Å². The second-order valence-electron chi connectivity index (χ2n) is 5.72. The van der Waals surface area contributed by atoms with Gasteiger partial charge in [0.15, 0.2) is 0 Å². The molecule has 1 aliphatic carbocycles. The van der Waals surface area contributed by atoms with Crippen LogP contribution in [0, 0.1) is 5.41 Å². The van der Waals surface area contributed by atoms with Crippen molar-refractivity contribution in [3.05, 3.63) is 11.6 Å². The molecule has 1 heterocycles. The number of hydrogen-bond acceptors (Lipinski definition) is 3. The number of carbonyl (C=O) groups excluding carboxylic acids is 1. The van der Waals surface area contributed by atoms with Gasteiger partial charge in [0.2, 0.25) is 5.91 Å². The van der Waals surface area contributed by atoms with E-state index in [0.717, 1.165) is 38.9 Å². The number of allylic oxidation sites excluding steroid dienone is 1. The monoisotopic (exact) mass is 266 g/mol. The summed E-state index contributed by atoms with van der Waals surface area (Å²) in [7, 11) is 1.68. The van der Waals surface area contributed by atoms with Gasteiger partial charge in [0.25, 0.3) is 0 Å². The third-order valence-corrected chi connectivity index (χ3v) is 4.33. The fourth-order valence-electron chi connectivity index (χ4n) is 3.11. The van der Waals surface area contributed by atoms with Gasteiger partial charge in [-0.05, 0) is 51.6 Å². The third-order valence-electron chi connectivity index (χ3n) is 4.33. The van der Waals surface area contributed by atoms with E-state index in [4.69, 9.17) is 4.74 Å². The van der Waals surface area contributed by atoms with E-state index in [1.54, 1.807) is 7.11 Å². The smallest absolute Gasteiger partial charge is 0.228 e. The Balaban J connectivity index is 1.81. The Kier molecular flexibility index (Phi) is 5.40. The Bertz CT molecular complexity index is 328. The molecule has 0 aromatic rings. The van der Waals surface area contributed by atoms with Crippen molar-refractivity contribution in [1.29, 1.82) is 0 Å². The van der Waals surface area contributed by atoms with Crippen molar-refractivity contribution in [2.24, 2.45) is 5.41 Å². The highest BCUT2D eigenvalue weighted by molar-refractivity contribution is 5.83. The van der Waals surface area contributed by atoms with Gasteiger partial charge in [-0.3, -0.25) is 4.79 Å². The molecule has 0 atom stereocenters. The van der Waals surface area contributed by atoms with E-state index in [9.17, 15) is 4.79 Å². The fraction of sp³-hybridized carbons (Fsp3) is 0.800. The molecular weight excluding hydrogens is 240 g/mol. The molecule has 108 valence electrons. The second-order valence-corrected chi connectivity index (χ2v) is 5.72. The molecule has 0 aromatic heterocycles. The minimum absolute atomic E-state index is 0.175. The summed E-state index contributed by atoms with van der Waals surface area (Å²) in [5.41, 5.74) is 1.19. The van der Waals surface area contributed by atoms with Gasteiger partial charge in [-0.1, -0.05) is 11.6 Å². The maximum atomic E-state index is 12.4. The van der Waals surface area contributed by atoms with Crippen molar-refractivity contribution in [2.45, 2.75) is 38.5 Å². The molecule has 1 amide bonds. The number of amides is 1. The molecule has 4 nitrogen and oxygen atoms in total. The highest BCUT2D eigenvalue weighted by atomic mass is 16.5. The summed E-state index contributed by atoms with van der Waals surface area (Å²) in [5, 5.41) is 6.43. The highest BCUT2D eigenvalue weighted by Crippen LogP contribution is 2.29. The lowest BCUT2D eigenvalue weighted by Crippen LogP contribution is -2.50. The van der Waals surface area contributed by atoms with Crippen molar-refractivity contribution < 1.29 is 9.53 Å². The Morgan fingerprint density at radius 3 is 2.89 bits per heavy atom. The van der Waals surface area contributed by atoms with Crippen LogP contribution >= 0.6 is 0 Å². The molecule has 0 bridgehead atoms. The molecule has 4 heteroatoms. The van der Waals surface area contributed by atoms with Gasteiger partial charge >= 0.3 is 0 Å². The highest BCUT2D eigenvalue weighted by Gasteiger charge is 2.39. The quantitative estimate of drug-likeness (QED) is 0.718. The van der Waals surface area contributed by atoms with Crippen LogP contribution in [0.15, 0.2) is 11.6 Å². The number of carbonyl (C=O) groups is 1. The molecule has 19 heavy (non-hydrogen) atoms. The first-order valence-electron chi connectivity index (χ1n) is 7.43. The molecule has 1 aliphatic heterocycles. The van der Waals surface area contributed by atoms with Crippen LogP contribution in [0.3, 0.4) is 0 Å². The molecule has 0 radical (unpaired) electrons. The van der Waals surface area contributed by atoms with E-state index in [1.807, 2.05) is 0 Å². The number of rotatable bonds is 6. The Labute approximate surface area is 116 Å². The summed E-state index contributed by atoms with van der Waals surface area (Å²) in [6.07, 6.45) is 8.77. The van der Waals surface area contributed by atoms with Gasteiger partial charge in [0.05, 0.1) is 12.0 Å². The molecule has 2 aliphatic rings. The van der Waals surface area contributed by atoms with Gasteiger partial charge < -0.3 is 15.4 Å². The van der Waals surface area contributed by atoms with E-state index in [2.05, 4.69) is 16.7 Å². The summed E-state index contributed by atoms with van der Waals surface area (Å²) in [5.74, 6) is 0.175. The predicted molar refractivity (Wildman–Crippen MR) is 76.0 cm³/mol. The molecule has 2 N–H and O–H groups in total. The number of hydrogen-bond donors (Lipinski definition) is 2. The van der Waals surface area contributed by atoms with Crippen LogP contribution in [0.2, 0.25) is 0 Å². The van der Waals surface area contributed by atoms with E-state index in [-0.39, 0.29) is 11.3 Å². The lowest BCUT2D eigenvalue weighted by molar-refractivity contribution is -0.136. The Morgan fingerprint density at radius 1 is 1.47 bits per heavy atom. The predicted octanol–water partition coefficient (Wildman–Crippen LogP) is 1.62. The molecule has 2 rings (SSSR count). The van der Waals surface area contributed by atoms with Crippen molar-refractivity contribution in [1.82, 2.24) is 10.6 Å². The minimum Gasteiger partial charge on any atom is -0.384 e. The normalized spacial score (nSPS) is 22.1. The lowest BCUT2D eigenvalue weighted by Gasteiger charge is -2.35. The average molecular weight is 266 g/mol. The number of ether oxygens (including phenoxy) is 1. The average Bonchev–Trinajstić information content (AvgIpc) is 2.93. The van der Waals surface area contributed by atoms with Crippen molar-refractivity contribution >= 4 is 5.91 Å². The van der Waals surface area contributed by atoms with Crippen LogP contribution in [0.25, 0.3) is 0 Å². The molecule has 1 saturated heterocycles. The first-order valence-corrected chi connectivity index (χ1v) is 7.43. The molecule has 0 saturated carbocycles. The first-order chi connectivity index (χ1) is 9.27. The van der Waals surface area contributed by atoms with Gasteiger partial charge in [0, 0.05) is 13.7 Å². The van der Waals surface area contributed by atoms with E-state index < -0.39 is 0 Å². The molecule has 0 spiro atoms. The second kappa shape index (κ2) is 7.06. The van der Waals surface area contributed by atoms with Crippen LogP contribution in [0.5, 0.6) is 0 Å². The van der Waals surface area contributed by atoms with E-state index >= 15 is 0 Å².